The van der Waals surface area contributed by atoms with E-state index in [4.69, 9.17) is 0 Å². The largest absolute Gasteiger partial charge is 0.109 e. The smallest absolute Gasteiger partial charge is 0.0151 e. The fraction of sp³-hybridized carbons (Fsp3) is 0.294. The highest BCUT2D eigenvalue weighted by molar-refractivity contribution is 7.57. The number of fused-ring (bicyclic) bond motifs is 2. The Hall–Kier alpha value is -0.700. The van der Waals surface area contributed by atoms with Crippen molar-refractivity contribution in [1.29, 1.82) is 0 Å². The van der Waals surface area contributed by atoms with Crippen LogP contribution in [0.2, 0.25) is 0 Å². The summed E-state index contributed by atoms with van der Waals surface area (Å²) in [6.45, 7) is 2.51. The lowest BCUT2D eigenvalue weighted by molar-refractivity contribution is 0.906. The van der Waals surface area contributed by atoms with Crippen LogP contribution in [-0.2, 0) is 12.3 Å². The van der Waals surface area contributed by atoms with Crippen molar-refractivity contribution in [2.75, 3.05) is 6.66 Å². The quantitative estimate of drug-likeness (QED) is 0.624. The minimum atomic E-state index is 0.116. The van der Waals surface area contributed by atoms with Crippen LogP contribution in [0.25, 0.3) is 0 Å². The maximum atomic E-state index is 2.51. The van der Waals surface area contributed by atoms with E-state index in [9.17, 15) is 0 Å². The Morgan fingerprint density at radius 1 is 0.947 bits per heavy atom. The third kappa shape index (κ3) is 1.89. The molecule has 96 valence electrons. The molecular weight excluding hydrogens is 266 g/mol. The van der Waals surface area contributed by atoms with E-state index in [1.807, 2.05) is 0 Å². The van der Waals surface area contributed by atoms with Gasteiger partial charge in [-0.3, -0.25) is 0 Å². The summed E-state index contributed by atoms with van der Waals surface area (Å²) in [5.74, 6) is 0. The van der Waals surface area contributed by atoms with E-state index < -0.39 is 0 Å². The molecule has 19 heavy (non-hydrogen) atoms. The minimum absolute atomic E-state index is 0.116. The molecule has 2 aliphatic rings. The zero-order chi connectivity index (χ0) is 12.8. The second-order valence-corrected chi connectivity index (χ2v) is 9.39. The average Bonchev–Trinajstić information content (AvgIpc) is 2.98. The van der Waals surface area contributed by atoms with Crippen LogP contribution in [0.15, 0.2) is 48.5 Å². The zero-order valence-corrected chi connectivity index (χ0v) is 13.0. The van der Waals surface area contributed by atoms with Gasteiger partial charge in [-0.25, -0.2) is 0 Å². The Labute approximate surface area is 118 Å². The van der Waals surface area contributed by atoms with Gasteiger partial charge in [0.25, 0.3) is 0 Å². The van der Waals surface area contributed by atoms with Gasteiger partial charge in [-0.2, -0.15) is 0 Å². The molecular formula is C17H18P2. The molecule has 0 bridgehead atoms. The van der Waals surface area contributed by atoms with Crippen LogP contribution in [0.1, 0.15) is 33.6 Å². The fourth-order valence-electron chi connectivity index (χ4n) is 3.62. The topological polar surface area (TPSA) is 0 Å². The van der Waals surface area contributed by atoms with Crippen LogP contribution in [0.4, 0.5) is 0 Å². The standard InChI is InChI=1S/C17H18P2/c1-19-11-13-7-3-5-9-15(13)17(19)16-14-8-4-2-6-12(14)10-18-16/h2-9,16-18H,10-11H2,1H3. The van der Waals surface area contributed by atoms with E-state index in [1.165, 1.54) is 12.3 Å². The Morgan fingerprint density at radius 3 is 2.47 bits per heavy atom. The van der Waals surface area contributed by atoms with Crippen molar-refractivity contribution < 1.29 is 0 Å². The molecule has 0 aliphatic carbocycles. The Bertz CT molecular complexity index is 620. The van der Waals surface area contributed by atoms with Gasteiger partial charge in [-0.15, -0.1) is 8.58 Å². The summed E-state index contributed by atoms with van der Waals surface area (Å²) in [4.78, 5) is 0. The summed E-state index contributed by atoms with van der Waals surface area (Å²) < 4.78 is 0. The number of hydrogen-bond donors (Lipinski definition) is 0. The third-order valence-electron chi connectivity index (χ3n) is 4.49. The van der Waals surface area contributed by atoms with Gasteiger partial charge in [-0.1, -0.05) is 56.5 Å². The van der Waals surface area contributed by atoms with Crippen molar-refractivity contribution in [3.8, 4) is 0 Å². The first-order chi connectivity index (χ1) is 9.34. The molecule has 0 nitrogen and oxygen atoms in total. The molecule has 2 aromatic rings. The summed E-state index contributed by atoms with van der Waals surface area (Å²) >= 11 is 0. The van der Waals surface area contributed by atoms with E-state index >= 15 is 0 Å². The van der Waals surface area contributed by atoms with Crippen molar-refractivity contribution in [2.45, 2.75) is 23.6 Å². The van der Waals surface area contributed by atoms with E-state index in [0.29, 0.717) is 0 Å². The molecule has 2 heteroatoms. The summed E-state index contributed by atoms with van der Waals surface area (Å²) in [6, 6.07) is 18.3. The molecule has 0 aromatic heterocycles. The Kier molecular flexibility index (Phi) is 2.98. The van der Waals surface area contributed by atoms with Crippen molar-refractivity contribution in [1.82, 2.24) is 0 Å². The highest BCUT2D eigenvalue weighted by Crippen LogP contribution is 2.69. The molecule has 0 N–H and O–H groups in total. The van der Waals surface area contributed by atoms with E-state index in [-0.39, 0.29) is 7.92 Å². The highest BCUT2D eigenvalue weighted by Gasteiger charge is 2.38. The molecule has 0 spiro atoms. The lowest BCUT2D eigenvalue weighted by Gasteiger charge is -2.25. The van der Waals surface area contributed by atoms with Crippen LogP contribution in [0, 0.1) is 0 Å². The molecule has 0 saturated heterocycles. The SMILES string of the molecule is CP1Cc2ccccc2C1C1PCc2ccccc21. The molecule has 0 fully saturated rings. The predicted molar refractivity (Wildman–Crippen MR) is 86.9 cm³/mol. The van der Waals surface area contributed by atoms with Crippen molar-refractivity contribution in [3.63, 3.8) is 0 Å². The highest BCUT2D eigenvalue weighted by atomic mass is 31.1. The first-order valence-electron chi connectivity index (χ1n) is 6.94. The second kappa shape index (κ2) is 4.69. The molecule has 0 amide bonds. The summed E-state index contributed by atoms with van der Waals surface area (Å²) in [5.41, 5.74) is 8.15. The summed E-state index contributed by atoms with van der Waals surface area (Å²) in [6.07, 6.45) is 2.64. The molecule has 4 rings (SSSR count). The Morgan fingerprint density at radius 2 is 1.63 bits per heavy atom. The van der Waals surface area contributed by atoms with Gasteiger partial charge in [0.15, 0.2) is 0 Å². The van der Waals surface area contributed by atoms with Crippen LogP contribution >= 0.6 is 16.5 Å². The second-order valence-electron chi connectivity index (χ2n) is 5.62. The molecule has 4 atom stereocenters. The molecule has 4 unspecified atom stereocenters. The predicted octanol–water partition coefficient (Wildman–Crippen LogP) is 5.29. The molecule has 0 saturated carbocycles. The molecule has 2 heterocycles. The summed E-state index contributed by atoms with van der Waals surface area (Å²) in [5, 5.41) is 0. The van der Waals surface area contributed by atoms with Crippen LogP contribution in [0.5, 0.6) is 0 Å². The van der Waals surface area contributed by atoms with Crippen LogP contribution in [0.3, 0.4) is 0 Å². The van der Waals surface area contributed by atoms with Crippen molar-refractivity contribution >= 4 is 16.5 Å². The summed E-state index contributed by atoms with van der Waals surface area (Å²) in [7, 11) is 1.20. The van der Waals surface area contributed by atoms with Gasteiger partial charge in [0, 0.05) is 11.3 Å². The van der Waals surface area contributed by atoms with E-state index in [0.717, 1.165) is 19.9 Å². The molecule has 2 aromatic carbocycles. The molecule has 2 aliphatic heterocycles. The van der Waals surface area contributed by atoms with Gasteiger partial charge >= 0.3 is 0 Å². The van der Waals surface area contributed by atoms with Gasteiger partial charge in [-0.05, 0) is 41.2 Å². The van der Waals surface area contributed by atoms with Gasteiger partial charge in [0.05, 0.1) is 0 Å². The van der Waals surface area contributed by atoms with Gasteiger partial charge in [0.2, 0.25) is 0 Å². The maximum absolute atomic E-state index is 2.51. The first-order valence-corrected chi connectivity index (χ1v) is 10.3. The third-order valence-corrected chi connectivity index (χ3v) is 8.80. The maximum Gasteiger partial charge on any atom is 0.0151 e. The lowest BCUT2D eigenvalue weighted by atomic mass is 9.98. The van der Waals surface area contributed by atoms with Crippen LogP contribution in [-0.4, -0.2) is 6.66 Å². The normalized spacial score (nSPS) is 29.4. The first kappa shape index (κ1) is 12.1. The van der Waals surface area contributed by atoms with Gasteiger partial charge < -0.3 is 0 Å². The lowest BCUT2D eigenvalue weighted by Crippen LogP contribution is -2.01. The fourth-order valence-corrected chi connectivity index (χ4v) is 8.78. The zero-order valence-electron chi connectivity index (χ0n) is 11.1. The number of benzene rings is 2. The Balaban J connectivity index is 1.78. The van der Waals surface area contributed by atoms with E-state index in [1.54, 1.807) is 22.3 Å². The van der Waals surface area contributed by atoms with Crippen molar-refractivity contribution in [2.24, 2.45) is 0 Å². The van der Waals surface area contributed by atoms with Crippen molar-refractivity contribution in [3.05, 3.63) is 70.8 Å². The number of hydrogen-bond acceptors (Lipinski definition) is 0. The molecule has 0 radical (unpaired) electrons. The van der Waals surface area contributed by atoms with Crippen LogP contribution < -0.4 is 0 Å². The van der Waals surface area contributed by atoms with E-state index in [2.05, 4.69) is 55.2 Å². The monoisotopic (exact) mass is 284 g/mol. The number of rotatable bonds is 1. The van der Waals surface area contributed by atoms with Gasteiger partial charge in [0.1, 0.15) is 0 Å². The average molecular weight is 284 g/mol. The minimum Gasteiger partial charge on any atom is -0.109 e.